The molecule has 2 heteroatoms. The van der Waals surface area contributed by atoms with Crippen LogP contribution >= 0.6 is 23.2 Å². The van der Waals surface area contributed by atoms with E-state index in [1.807, 2.05) is 12.1 Å². The van der Waals surface area contributed by atoms with Gasteiger partial charge in [-0.25, -0.2) is 0 Å². The van der Waals surface area contributed by atoms with Gasteiger partial charge in [-0.1, -0.05) is 57.0 Å². The lowest BCUT2D eigenvalue weighted by atomic mass is 9.65. The van der Waals surface area contributed by atoms with Crippen LogP contribution in [0.1, 0.15) is 45.6 Å². The summed E-state index contributed by atoms with van der Waals surface area (Å²) < 4.78 is 0. The predicted molar refractivity (Wildman–Crippen MR) is 80.6 cm³/mol. The van der Waals surface area contributed by atoms with E-state index in [1.165, 1.54) is 18.4 Å². The Hall–Kier alpha value is -0.200. The minimum absolute atomic E-state index is 0.0465. The maximum atomic E-state index is 6.62. The highest BCUT2D eigenvalue weighted by atomic mass is 35.5. The molecule has 1 aliphatic rings. The Morgan fingerprint density at radius 3 is 2.44 bits per heavy atom. The van der Waals surface area contributed by atoms with Crippen LogP contribution in [0.25, 0.3) is 0 Å². The monoisotopic (exact) mass is 284 g/mol. The molecule has 0 radical (unpaired) electrons. The molecule has 1 fully saturated rings. The van der Waals surface area contributed by atoms with E-state index in [9.17, 15) is 0 Å². The molecule has 1 aromatic carbocycles. The fourth-order valence-electron chi connectivity index (χ4n) is 3.31. The van der Waals surface area contributed by atoms with Gasteiger partial charge in [-0.2, -0.15) is 0 Å². The van der Waals surface area contributed by atoms with Gasteiger partial charge in [-0.15, -0.1) is 11.6 Å². The van der Waals surface area contributed by atoms with Crippen molar-refractivity contribution in [1.29, 1.82) is 0 Å². The highest BCUT2D eigenvalue weighted by Crippen LogP contribution is 2.46. The van der Waals surface area contributed by atoms with E-state index >= 15 is 0 Å². The van der Waals surface area contributed by atoms with Crippen molar-refractivity contribution in [2.24, 2.45) is 11.8 Å². The van der Waals surface area contributed by atoms with Gasteiger partial charge in [0.2, 0.25) is 0 Å². The van der Waals surface area contributed by atoms with Gasteiger partial charge in [-0.3, -0.25) is 0 Å². The van der Waals surface area contributed by atoms with Crippen LogP contribution in [0.2, 0.25) is 5.02 Å². The largest absolute Gasteiger partial charge is 0.123 e. The summed E-state index contributed by atoms with van der Waals surface area (Å²) in [5, 5.41) is 1.13. The molecule has 0 spiro atoms. The zero-order valence-electron chi connectivity index (χ0n) is 11.4. The summed E-state index contributed by atoms with van der Waals surface area (Å²) in [6.45, 7) is 6.86. The van der Waals surface area contributed by atoms with Crippen LogP contribution in [0.5, 0.6) is 0 Å². The molecule has 1 saturated carbocycles. The molecule has 0 aromatic heterocycles. The van der Waals surface area contributed by atoms with Crippen LogP contribution in [0.3, 0.4) is 0 Å². The second-order valence-electron chi connectivity index (χ2n) is 6.24. The number of alkyl halides is 1. The van der Waals surface area contributed by atoms with Crippen molar-refractivity contribution in [2.75, 3.05) is 0 Å². The molecule has 0 N–H and O–H groups in total. The van der Waals surface area contributed by atoms with Gasteiger partial charge in [0, 0.05) is 10.4 Å². The van der Waals surface area contributed by atoms with E-state index in [4.69, 9.17) is 23.2 Å². The fraction of sp³-hybridized carbons (Fsp3) is 0.625. The average Bonchev–Trinajstić information content (AvgIpc) is 2.28. The van der Waals surface area contributed by atoms with Crippen molar-refractivity contribution in [2.45, 2.75) is 50.8 Å². The van der Waals surface area contributed by atoms with Gasteiger partial charge in [0.15, 0.2) is 0 Å². The van der Waals surface area contributed by atoms with Gasteiger partial charge in [0.25, 0.3) is 0 Å². The molecule has 3 atom stereocenters. The van der Waals surface area contributed by atoms with E-state index in [0.29, 0.717) is 5.92 Å². The molecule has 0 bridgehead atoms. The van der Waals surface area contributed by atoms with Crippen LogP contribution < -0.4 is 0 Å². The lowest BCUT2D eigenvalue weighted by Crippen LogP contribution is -2.39. The Labute approximate surface area is 121 Å². The molecule has 0 nitrogen and oxygen atoms in total. The van der Waals surface area contributed by atoms with Gasteiger partial charge in [0.1, 0.15) is 0 Å². The van der Waals surface area contributed by atoms with Crippen molar-refractivity contribution < 1.29 is 0 Å². The first kappa shape index (κ1) is 14.2. The van der Waals surface area contributed by atoms with Crippen LogP contribution in [-0.2, 0) is 5.41 Å². The number of rotatable bonds is 2. The number of hydrogen-bond donors (Lipinski definition) is 0. The van der Waals surface area contributed by atoms with Gasteiger partial charge < -0.3 is 0 Å². The first-order valence-electron chi connectivity index (χ1n) is 6.82. The number of halogens is 2. The minimum atomic E-state index is 0.0465. The highest BCUT2D eigenvalue weighted by Gasteiger charge is 2.39. The summed E-state index contributed by atoms with van der Waals surface area (Å²) in [5.74, 6) is 1.26. The zero-order valence-corrected chi connectivity index (χ0v) is 12.9. The predicted octanol–water partition coefficient (Wildman–Crippen LogP) is 5.66. The van der Waals surface area contributed by atoms with E-state index in [1.54, 1.807) is 0 Å². The number of benzene rings is 1. The third-order valence-corrected chi connectivity index (χ3v) is 5.34. The molecular weight excluding hydrogens is 263 g/mol. The van der Waals surface area contributed by atoms with Crippen LogP contribution in [-0.4, -0.2) is 5.38 Å². The Bertz CT molecular complexity index is 411. The zero-order chi connectivity index (χ0) is 13.3. The molecule has 2 rings (SSSR count). The molecule has 1 aromatic rings. The van der Waals surface area contributed by atoms with Crippen molar-refractivity contribution in [3.8, 4) is 0 Å². The Morgan fingerprint density at radius 1 is 1.17 bits per heavy atom. The quantitative estimate of drug-likeness (QED) is 0.615. The summed E-state index contributed by atoms with van der Waals surface area (Å²) in [6.07, 6.45) is 3.61. The fourth-order valence-corrected chi connectivity index (χ4v) is 4.43. The van der Waals surface area contributed by atoms with Gasteiger partial charge >= 0.3 is 0 Å². The molecule has 0 saturated heterocycles. The second-order valence-corrected chi connectivity index (χ2v) is 7.21. The maximum absolute atomic E-state index is 6.62. The Balaban J connectivity index is 2.28. The Kier molecular flexibility index (Phi) is 4.29. The van der Waals surface area contributed by atoms with Crippen molar-refractivity contribution >= 4 is 23.2 Å². The van der Waals surface area contributed by atoms with Crippen LogP contribution in [0.4, 0.5) is 0 Å². The summed E-state index contributed by atoms with van der Waals surface area (Å²) in [7, 11) is 0. The van der Waals surface area contributed by atoms with E-state index in [2.05, 4.69) is 32.9 Å². The van der Waals surface area contributed by atoms with Crippen LogP contribution in [0.15, 0.2) is 24.3 Å². The normalized spacial score (nSPS) is 29.3. The maximum Gasteiger partial charge on any atom is 0.0443 e. The van der Waals surface area contributed by atoms with E-state index < -0.39 is 0 Å². The van der Waals surface area contributed by atoms with Crippen LogP contribution in [0, 0.1) is 11.8 Å². The summed E-state index contributed by atoms with van der Waals surface area (Å²) in [4.78, 5) is 0. The molecule has 0 amide bonds. The van der Waals surface area contributed by atoms with Crippen molar-refractivity contribution in [3.63, 3.8) is 0 Å². The average molecular weight is 285 g/mol. The first-order valence-corrected chi connectivity index (χ1v) is 7.63. The summed E-state index contributed by atoms with van der Waals surface area (Å²) in [5.41, 5.74) is 1.28. The smallest absolute Gasteiger partial charge is 0.0443 e. The first-order chi connectivity index (χ1) is 8.43. The standard InChI is InChI=1S/C16H22Cl2/c1-11-8-9-13(15(18)10-11)16(2,3)12-6-4-5-7-14(12)17/h4-7,11,13,15H,8-10H2,1-3H3. The van der Waals surface area contributed by atoms with Gasteiger partial charge in [0.05, 0.1) is 0 Å². The third-order valence-electron chi connectivity index (χ3n) is 4.53. The third kappa shape index (κ3) is 2.70. The van der Waals surface area contributed by atoms with Crippen molar-refractivity contribution in [3.05, 3.63) is 34.9 Å². The molecule has 3 unspecified atom stereocenters. The van der Waals surface area contributed by atoms with Crippen molar-refractivity contribution in [1.82, 2.24) is 0 Å². The summed E-state index contributed by atoms with van der Waals surface area (Å²) >= 11 is 13.0. The molecule has 1 aliphatic carbocycles. The minimum Gasteiger partial charge on any atom is -0.123 e. The lowest BCUT2D eigenvalue weighted by molar-refractivity contribution is 0.207. The van der Waals surface area contributed by atoms with Gasteiger partial charge in [-0.05, 0) is 41.7 Å². The topological polar surface area (TPSA) is 0 Å². The molecule has 0 heterocycles. The van der Waals surface area contributed by atoms with E-state index in [-0.39, 0.29) is 10.8 Å². The Morgan fingerprint density at radius 2 is 1.83 bits per heavy atom. The molecule has 0 aliphatic heterocycles. The number of hydrogen-bond acceptors (Lipinski definition) is 0. The molecule has 100 valence electrons. The summed E-state index contributed by atoms with van der Waals surface area (Å²) in [6, 6.07) is 8.18. The highest BCUT2D eigenvalue weighted by molar-refractivity contribution is 6.31. The second kappa shape index (κ2) is 5.43. The SMILES string of the molecule is CC1CCC(C(C)(C)c2ccccc2Cl)C(Cl)C1. The lowest BCUT2D eigenvalue weighted by Gasteiger charge is -2.42. The molecular formula is C16H22Cl2. The molecule has 18 heavy (non-hydrogen) atoms. The van der Waals surface area contributed by atoms with E-state index in [0.717, 1.165) is 17.4 Å².